The smallest absolute Gasteiger partial charge is 0.418 e. The number of para-hydroxylation sites is 1. The van der Waals surface area contributed by atoms with Crippen LogP contribution >= 0.6 is 11.6 Å². The zero-order valence-corrected chi connectivity index (χ0v) is 11.6. The van der Waals surface area contributed by atoms with Crippen LogP contribution in [-0.4, -0.2) is 19.6 Å². The van der Waals surface area contributed by atoms with Crippen molar-refractivity contribution in [3.05, 3.63) is 40.4 Å². The average Bonchev–Trinajstić information content (AvgIpc) is 2.38. The summed E-state index contributed by atoms with van der Waals surface area (Å²) < 4.78 is 42.9. The Morgan fingerprint density at radius 2 is 2.10 bits per heavy atom. The lowest BCUT2D eigenvalue weighted by Crippen LogP contribution is -2.12. The van der Waals surface area contributed by atoms with Crippen LogP contribution in [0.3, 0.4) is 0 Å². The third-order valence-corrected chi connectivity index (χ3v) is 2.83. The number of benzene rings is 1. The van der Waals surface area contributed by atoms with Gasteiger partial charge in [-0.15, -0.1) is 0 Å². The van der Waals surface area contributed by atoms with Gasteiger partial charge in [-0.05, 0) is 19.1 Å². The molecule has 1 aromatic rings. The first-order valence-electron chi connectivity index (χ1n) is 5.62. The Balaban J connectivity index is 2.91. The zero-order valence-electron chi connectivity index (χ0n) is 10.8. The molecule has 0 saturated heterocycles. The van der Waals surface area contributed by atoms with E-state index in [9.17, 15) is 18.0 Å². The minimum atomic E-state index is -4.51. The van der Waals surface area contributed by atoms with Gasteiger partial charge in [0, 0.05) is 12.1 Å². The first-order valence-corrected chi connectivity index (χ1v) is 5.99. The molecule has 0 radical (unpaired) electrons. The predicted octanol–water partition coefficient (Wildman–Crippen LogP) is 3.89. The maximum atomic E-state index is 12.8. The largest absolute Gasteiger partial charge is 0.466 e. The molecule has 1 rings (SSSR count). The van der Waals surface area contributed by atoms with Crippen molar-refractivity contribution >= 4 is 23.3 Å². The fraction of sp³-hybridized carbons (Fsp3) is 0.308. The van der Waals surface area contributed by atoms with Crippen LogP contribution in [0, 0.1) is 0 Å². The van der Waals surface area contributed by atoms with E-state index in [0.717, 1.165) is 6.07 Å². The summed E-state index contributed by atoms with van der Waals surface area (Å²) in [5, 5.41) is 2.52. The van der Waals surface area contributed by atoms with Gasteiger partial charge in [-0.25, -0.2) is 4.79 Å². The Kier molecular flexibility index (Phi) is 5.44. The number of rotatable bonds is 4. The molecule has 0 bridgehead atoms. The molecule has 0 spiro atoms. The molecule has 0 atom stereocenters. The number of esters is 1. The van der Waals surface area contributed by atoms with Crippen molar-refractivity contribution in [2.45, 2.75) is 13.1 Å². The van der Waals surface area contributed by atoms with Gasteiger partial charge >= 0.3 is 12.1 Å². The van der Waals surface area contributed by atoms with E-state index < -0.39 is 17.7 Å². The van der Waals surface area contributed by atoms with Gasteiger partial charge in [0.15, 0.2) is 0 Å². The molecular formula is C13H13ClF3NO2. The molecule has 0 aliphatic carbocycles. The van der Waals surface area contributed by atoms with Crippen molar-refractivity contribution in [2.75, 3.05) is 19.0 Å². The van der Waals surface area contributed by atoms with E-state index in [1.807, 2.05) is 0 Å². The number of alkyl halides is 3. The van der Waals surface area contributed by atoms with Gasteiger partial charge in [-0.3, -0.25) is 0 Å². The Morgan fingerprint density at radius 1 is 1.45 bits per heavy atom. The molecule has 110 valence electrons. The quantitative estimate of drug-likeness (QED) is 0.677. The standard InChI is InChI=1S/C13H13ClF3NO2/c1-8(12(19)20-2)6-7-18-11-9(13(15,16)17)4-3-5-10(11)14/h3-6,18H,7H2,1-2H3/b8-6+. The van der Waals surface area contributed by atoms with E-state index in [1.54, 1.807) is 0 Å². The van der Waals surface area contributed by atoms with Gasteiger partial charge in [0.25, 0.3) is 0 Å². The molecule has 20 heavy (non-hydrogen) atoms. The van der Waals surface area contributed by atoms with Crippen molar-refractivity contribution in [2.24, 2.45) is 0 Å². The molecule has 0 aliphatic heterocycles. The lowest BCUT2D eigenvalue weighted by Gasteiger charge is -2.15. The average molecular weight is 308 g/mol. The van der Waals surface area contributed by atoms with Crippen LogP contribution in [0.4, 0.5) is 18.9 Å². The molecule has 0 aromatic heterocycles. The second kappa shape index (κ2) is 6.65. The summed E-state index contributed by atoms with van der Waals surface area (Å²) in [6, 6.07) is 3.52. The molecule has 0 aliphatic rings. The van der Waals surface area contributed by atoms with E-state index in [4.69, 9.17) is 11.6 Å². The molecule has 0 saturated carbocycles. The molecule has 3 nitrogen and oxygen atoms in total. The number of nitrogens with one attached hydrogen (secondary N) is 1. The monoisotopic (exact) mass is 307 g/mol. The number of ether oxygens (including phenoxy) is 1. The Morgan fingerprint density at radius 3 is 2.65 bits per heavy atom. The highest BCUT2D eigenvalue weighted by Gasteiger charge is 2.34. The molecule has 0 unspecified atom stereocenters. The molecule has 0 fully saturated rings. The fourth-order valence-corrected chi connectivity index (χ4v) is 1.73. The summed E-state index contributed by atoms with van der Waals surface area (Å²) >= 11 is 5.77. The highest BCUT2D eigenvalue weighted by atomic mass is 35.5. The SMILES string of the molecule is COC(=O)/C(C)=C/CNc1c(Cl)cccc1C(F)(F)F. The lowest BCUT2D eigenvalue weighted by atomic mass is 10.1. The molecule has 1 N–H and O–H groups in total. The third kappa shape index (κ3) is 4.16. The van der Waals surface area contributed by atoms with Gasteiger partial charge in [-0.1, -0.05) is 23.7 Å². The number of carbonyl (C=O) groups is 1. The van der Waals surface area contributed by atoms with E-state index in [-0.39, 0.29) is 17.3 Å². The van der Waals surface area contributed by atoms with E-state index in [0.29, 0.717) is 5.57 Å². The highest BCUT2D eigenvalue weighted by molar-refractivity contribution is 6.33. The maximum absolute atomic E-state index is 12.8. The van der Waals surface area contributed by atoms with Gasteiger partial charge in [0.1, 0.15) is 0 Å². The first kappa shape index (κ1) is 16.4. The van der Waals surface area contributed by atoms with E-state index in [2.05, 4.69) is 10.1 Å². The summed E-state index contributed by atoms with van der Waals surface area (Å²) in [6.45, 7) is 1.53. The van der Waals surface area contributed by atoms with Crippen molar-refractivity contribution < 1.29 is 22.7 Å². The number of hydrogen-bond donors (Lipinski definition) is 1. The molecule has 1 aromatic carbocycles. The second-order valence-electron chi connectivity index (χ2n) is 3.92. The summed E-state index contributed by atoms with van der Waals surface area (Å²) in [5.41, 5.74) is -0.773. The summed E-state index contributed by atoms with van der Waals surface area (Å²) in [6.07, 6.45) is -3.08. The molecule has 0 amide bonds. The minimum absolute atomic E-state index is 0.0216. The van der Waals surface area contributed by atoms with Crippen molar-refractivity contribution in [3.8, 4) is 0 Å². The van der Waals surface area contributed by atoms with Crippen LogP contribution < -0.4 is 5.32 Å². The maximum Gasteiger partial charge on any atom is 0.418 e. The number of methoxy groups -OCH3 is 1. The van der Waals surface area contributed by atoms with Crippen LogP contribution in [0.1, 0.15) is 12.5 Å². The fourth-order valence-electron chi connectivity index (χ4n) is 1.49. The third-order valence-electron chi connectivity index (χ3n) is 2.51. The summed E-state index contributed by atoms with van der Waals surface area (Å²) in [7, 11) is 1.23. The van der Waals surface area contributed by atoms with Gasteiger partial charge < -0.3 is 10.1 Å². The Hall–Kier alpha value is -1.69. The second-order valence-corrected chi connectivity index (χ2v) is 4.33. The minimum Gasteiger partial charge on any atom is -0.466 e. The molecule has 7 heteroatoms. The summed E-state index contributed by atoms with van der Waals surface area (Å²) in [4.78, 5) is 11.1. The topological polar surface area (TPSA) is 38.3 Å². The molecular weight excluding hydrogens is 295 g/mol. The number of carbonyl (C=O) groups excluding carboxylic acids is 1. The number of halogens is 4. The summed E-state index contributed by atoms with van der Waals surface area (Å²) in [5.74, 6) is -0.540. The van der Waals surface area contributed by atoms with Crippen molar-refractivity contribution in [3.63, 3.8) is 0 Å². The molecule has 0 heterocycles. The number of hydrogen-bond acceptors (Lipinski definition) is 3. The van der Waals surface area contributed by atoms with Crippen LogP contribution in [0.2, 0.25) is 5.02 Å². The van der Waals surface area contributed by atoms with Crippen molar-refractivity contribution in [1.82, 2.24) is 0 Å². The lowest BCUT2D eigenvalue weighted by molar-refractivity contribution is -0.137. The van der Waals surface area contributed by atoms with Gasteiger partial charge in [0.05, 0.1) is 23.4 Å². The van der Waals surface area contributed by atoms with Crippen LogP contribution in [0.15, 0.2) is 29.8 Å². The first-order chi connectivity index (χ1) is 9.27. The van der Waals surface area contributed by atoms with Gasteiger partial charge in [-0.2, -0.15) is 13.2 Å². The van der Waals surface area contributed by atoms with Crippen LogP contribution in [-0.2, 0) is 15.7 Å². The highest BCUT2D eigenvalue weighted by Crippen LogP contribution is 2.38. The Bertz CT molecular complexity index is 527. The van der Waals surface area contributed by atoms with Crippen molar-refractivity contribution in [1.29, 1.82) is 0 Å². The predicted molar refractivity (Wildman–Crippen MR) is 70.7 cm³/mol. The number of anilines is 1. The van der Waals surface area contributed by atoms with Gasteiger partial charge in [0.2, 0.25) is 0 Å². The van der Waals surface area contributed by atoms with Crippen LogP contribution in [0.5, 0.6) is 0 Å². The van der Waals surface area contributed by atoms with E-state index >= 15 is 0 Å². The normalized spacial score (nSPS) is 12.2. The zero-order chi connectivity index (χ0) is 15.3. The Labute approximate surface area is 119 Å². The van der Waals surface area contributed by atoms with Crippen LogP contribution in [0.25, 0.3) is 0 Å². The van der Waals surface area contributed by atoms with E-state index in [1.165, 1.54) is 32.2 Å².